The van der Waals surface area contributed by atoms with Crippen LogP contribution in [0.4, 0.5) is 5.00 Å². The van der Waals surface area contributed by atoms with Crippen molar-refractivity contribution in [3.8, 4) is 0 Å². The SMILES string of the molecule is CCOC(=O)c1sc(NC(=S)NCCCn2cccn2)c(C(=O)OCC)c1C. The highest BCUT2D eigenvalue weighted by Gasteiger charge is 2.26. The van der Waals surface area contributed by atoms with Gasteiger partial charge in [0.2, 0.25) is 0 Å². The number of anilines is 1. The fraction of sp³-hybridized carbons (Fsp3) is 0.444. The maximum absolute atomic E-state index is 12.4. The number of esters is 2. The van der Waals surface area contributed by atoms with E-state index in [0.717, 1.165) is 24.3 Å². The van der Waals surface area contributed by atoms with Gasteiger partial charge in [0.15, 0.2) is 5.11 Å². The van der Waals surface area contributed by atoms with Crippen LogP contribution in [0.25, 0.3) is 0 Å². The Morgan fingerprint density at radius 3 is 2.61 bits per heavy atom. The molecule has 28 heavy (non-hydrogen) atoms. The van der Waals surface area contributed by atoms with Gasteiger partial charge < -0.3 is 20.1 Å². The first-order chi connectivity index (χ1) is 13.5. The monoisotopic (exact) mass is 424 g/mol. The Hall–Kier alpha value is -2.46. The molecule has 2 aromatic rings. The first-order valence-corrected chi connectivity index (χ1v) is 10.2. The molecule has 0 aliphatic rings. The highest BCUT2D eigenvalue weighted by molar-refractivity contribution is 7.80. The number of thiocarbonyl (C=S) groups is 1. The Labute approximate surface area is 173 Å². The van der Waals surface area contributed by atoms with E-state index in [2.05, 4.69) is 15.7 Å². The van der Waals surface area contributed by atoms with Gasteiger partial charge in [0.05, 0.1) is 18.8 Å². The highest BCUT2D eigenvalue weighted by atomic mass is 32.1. The molecule has 0 bridgehead atoms. The van der Waals surface area contributed by atoms with E-state index in [1.807, 2.05) is 16.9 Å². The van der Waals surface area contributed by atoms with Gasteiger partial charge in [-0.3, -0.25) is 4.68 Å². The fourth-order valence-corrected chi connectivity index (χ4v) is 3.83. The minimum atomic E-state index is -0.504. The molecule has 0 radical (unpaired) electrons. The smallest absolute Gasteiger partial charge is 0.348 e. The molecule has 2 rings (SSSR count). The summed E-state index contributed by atoms with van der Waals surface area (Å²) < 4.78 is 12.0. The number of aromatic nitrogens is 2. The summed E-state index contributed by atoms with van der Waals surface area (Å²) >= 11 is 6.45. The summed E-state index contributed by atoms with van der Waals surface area (Å²) in [6.45, 7) is 7.04. The lowest BCUT2D eigenvalue weighted by Crippen LogP contribution is -2.30. The third kappa shape index (κ3) is 5.77. The maximum Gasteiger partial charge on any atom is 0.348 e. The number of hydrogen-bond donors (Lipinski definition) is 2. The third-order valence-corrected chi connectivity index (χ3v) is 5.16. The molecule has 0 saturated heterocycles. The Bertz CT molecular complexity index is 818. The topological polar surface area (TPSA) is 94.5 Å². The number of thiophene rings is 1. The number of nitrogens with zero attached hydrogens (tertiary/aromatic N) is 2. The van der Waals surface area contributed by atoms with E-state index in [9.17, 15) is 9.59 Å². The van der Waals surface area contributed by atoms with Crippen molar-refractivity contribution in [1.29, 1.82) is 0 Å². The summed E-state index contributed by atoms with van der Waals surface area (Å²) in [5.41, 5.74) is 0.821. The summed E-state index contributed by atoms with van der Waals surface area (Å²) in [5.74, 6) is -0.975. The number of hydrogen-bond acceptors (Lipinski definition) is 7. The number of nitrogens with one attached hydrogen (secondary N) is 2. The van der Waals surface area contributed by atoms with Gasteiger partial charge in [0.25, 0.3) is 0 Å². The molecule has 0 amide bonds. The lowest BCUT2D eigenvalue weighted by Gasteiger charge is -2.11. The van der Waals surface area contributed by atoms with Gasteiger partial charge in [-0.15, -0.1) is 11.3 Å². The molecule has 0 fully saturated rings. The van der Waals surface area contributed by atoms with E-state index in [-0.39, 0.29) is 13.2 Å². The summed E-state index contributed by atoms with van der Waals surface area (Å²) in [5, 5.41) is 11.1. The van der Waals surface area contributed by atoms with Crippen LogP contribution in [0.2, 0.25) is 0 Å². The standard InChI is InChI=1S/C18H24N4O4S2/c1-4-25-16(23)13-12(3)14(17(24)26-5-2)28-15(13)21-18(27)19-8-6-10-22-11-7-9-20-22/h7,9,11H,4-6,8,10H2,1-3H3,(H2,19,21,27). The van der Waals surface area contributed by atoms with E-state index in [1.54, 1.807) is 27.0 Å². The fourth-order valence-electron chi connectivity index (χ4n) is 2.46. The summed E-state index contributed by atoms with van der Waals surface area (Å²) in [7, 11) is 0. The first-order valence-electron chi connectivity index (χ1n) is 8.97. The molecule has 10 heteroatoms. The lowest BCUT2D eigenvalue weighted by atomic mass is 10.1. The van der Waals surface area contributed by atoms with Gasteiger partial charge in [-0.05, 0) is 51.0 Å². The molecular weight excluding hydrogens is 400 g/mol. The van der Waals surface area contributed by atoms with Gasteiger partial charge in [0.1, 0.15) is 9.88 Å². The first kappa shape index (κ1) is 21.8. The number of ether oxygens (including phenoxy) is 2. The molecule has 0 spiro atoms. The zero-order valence-corrected chi connectivity index (χ0v) is 17.7. The average Bonchev–Trinajstić information content (AvgIpc) is 3.27. The molecule has 152 valence electrons. The van der Waals surface area contributed by atoms with Crippen molar-refractivity contribution >= 4 is 45.6 Å². The van der Waals surface area contributed by atoms with Crippen LogP contribution in [0.3, 0.4) is 0 Å². The second-order valence-corrected chi connectivity index (χ2v) is 7.13. The second-order valence-electron chi connectivity index (χ2n) is 5.70. The number of carbonyl (C=O) groups is 2. The van der Waals surface area contributed by atoms with Crippen LogP contribution in [-0.4, -0.2) is 46.6 Å². The van der Waals surface area contributed by atoms with Crippen molar-refractivity contribution in [1.82, 2.24) is 15.1 Å². The van der Waals surface area contributed by atoms with Crippen LogP contribution in [0.1, 0.15) is 45.9 Å². The summed E-state index contributed by atoms with van der Waals surface area (Å²) in [4.78, 5) is 24.9. The Balaban J connectivity index is 2.04. The molecule has 8 nitrogen and oxygen atoms in total. The van der Waals surface area contributed by atoms with E-state index >= 15 is 0 Å². The molecule has 0 atom stereocenters. The van der Waals surface area contributed by atoms with Crippen LogP contribution >= 0.6 is 23.6 Å². The van der Waals surface area contributed by atoms with E-state index in [0.29, 0.717) is 32.7 Å². The normalized spacial score (nSPS) is 10.4. The largest absolute Gasteiger partial charge is 0.462 e. The molecule has 0 saturated carbocycles. The zero-order chi connectivity index (χ0) is 20.5. The van der Waals surface area contributed by atoms with Crippen molar-refractivity contribution in [2.75, 3.05) is 25.1 Å². The Morgan fingerprint density at radius 2 is 1.96 bits per heavy atom. The molecular formula is C18H24N4O4S2. The Morgan fingerprint density at radius 1 is 1.25 bits per heavy atom. The number of carbonyl (C=O) groups excluding carboxylic acids is 2. The zero-order valence-electron chi connectivity index (χ0n) is 16.1. The molecule has 0 unspecified atom stereocenters. The molecule has 2 aromatic heterocycles. The second kappa shape index (κ2) is 10.8. The number of rotatable bonds is 9. The summed E-state index contributed by atoms with van der Waals surface area (Å²) in [6.07, 6.45) is 4.45. The van der Waals surface area contributed by atoms with Crippen LogP contribution in [-0.2, 0) is 16.0 Å². The van der Waals surface area contributed by atoms with Crippen LogP contribution in [0.5, 0.6) is 0 Å². The van der Waals surface area contributed by atoms with Gasteiger partial charge in [-0.1, -0.05) is 0 Å². The highest BCUT2D eigenvalue weighted by Crippen LogP contribution is 2.34. The average molecular weight is 425 g/mol. The van der Waals surface area contributed by atoms with Crippen LogP contribution in [0, 0.1) is 6.92 Å². The van der Waals surface area contributed by atoms with Crippen molar-refractivity contribution in [2.24, 2.45) is 0 Å². The molecule has 2 N–H and O–H groups in total. The molecule has 0 aliphatic carbocycles. The summed E-state index contributed by atoms with van der Waals surface area (Å²) in [6, 6.07) is 1.87. The van der Waals surface area contributed by atoms with Crippen molar-refractivity contribution in [3.63, 3.8) is 0 Å². The molecule has 2 heterocycles. The van der Waals surface area contributed by atoms with Crippen molar-refractivity contribution in [3.05, 3.63) is 34.5 Å². The van der Waals surface area contributed by atoms with E-state index < -0.39 is 11.9 Å². The minimum absolute atomic E-state index is 0.235. The van der Waals surface area contributed by atoms with Gasteiger partial charge >= 0.3 is 11.9 Å². The van der Waals surface area contributed by atoms with Gasteiger partial charge in [-0.25, -0.2) is 9.59 Å². The lowest BCUT2D eigenvalue weighted by molar-refractivity contribution is 0.0527. The molecule has 0 aromatic carbocycles. The molecule has 0 aliphatic heterocycles. The van der Waals surface area contributed by atoms with Gasteiger partial charge in [0, 0.05) is 25.5 Å². The van der Waals surface area contributed by atoms with E-state index in [1.165, 1.54) is 0 Å². The third-order valence-electron chi connectivity index (χ3n) is 3.72. The number of aryl methyl sites for hydroxylation is 1. The van der Waals surface area contributed by atoms with Crippen LogP contribution < -0.4 is 10.6 Å². The predicted molar refractivity (Wildman–Crippen MR) is 112 cm³/mol. The maximum atomic E-state index is 12.4. The minimum Gasteiger partial charge on any atom is -0.462 e. The quantitative estimate of drug-likeness (QED) is 0.360. The van der Waals surface area contributed by atoms with Crippen LogP contribution in [0.15, 0.2) is 18.5 Å². The van der Waals surface area contributed by atoms with Crippen molar-refractivity contribution in [2.45, 2.75) is 33.7 Å². The van der Waals surface area contributed by atoms with Crippen molar-refractivity contribution < 1.29 is 19.1 Å². The van der Waals surface area contributed by atoms with E-state index in [4.69, 9.17) is 21.7 Å². The predicted octanol–water partition coefficient (Wildman–Crippen LogP) is 2.98. The Kier molecular flexibility index (Phi) is 8.40. The van der Waals surface area contributed by atoms with Gasteiger partial charge in [-0.2, -0.15) is 5.10 Å².